The number of hydrogen-bond acceptors (Lipinski definition) is 5. The topological polar surface area (TPSA) is 91.3 Å². The fourth-order valence-electron chi connectivity index (χ4n) is 9.34. The first-order valence-corrected chi connectivity index (χ1v) is 13.0. The normalized spacial score (nSPS) is 46.5. The lowest BCUT2D eigenvalue weighted by molar-refractivity contribution is -0.169. The van der Waals surface area contributed by atoms with E-state index in [1.54, 1.807) is 24.2 Å². The second kappa shape index (κ2) is 8.07. The molecule has 0 amide bonds. The van der Waals surface area contributed by atoms with Crippen LogP contribution in [-0.2, 0) is 11.3 Å². The summed E-state index contributed by atoms with van der Waals surface area (Å²) in [6, 6.07) is 2.13. The van der Waals surface area contributed by atoms with Gasteiger partial charge >= 0.3 is 0 Å². The number of rotatable bonds is 4. The van der Waals surface area contributed by atoms with Gasteiger partial charge in [-0.3, -0.25) is 4.68 Å². The number of nitriles is 1. The molecule has 0 saturated heterocycles. The van der Waals surface area contributed by atoms with Crippen molar-refractivity contribution in [1.29, 1.82) is 5.26 Å². The standard InChI is InChI=1S/C27H41N3O3/c1-25-10-9-19-20(6-5-18-12-26(2,31)24(33-4)11-21(18)19)22(25)7-8-23(25)27(3,32)16-30-15-17(13-28)14-29-30/h14-15,18-24,31-32H,5-12,16H2,1-4H3/t18-,19+,20-,21+,22+,23+,24-,25+,26+,27?/m1/s1. The molecule has 5 rings (SSSR count). The van der Waals surface area contributed by atoms with Gasteiger partial charge in [0.25, 0.3) is 0 Å². The molecule has 4 aliphatic carbocycles. The van der Waals surface area contributed by atoms with Crippen LogP contribution in [0.2, 0.25) is 0 Å². The summed E-state index contributed by atoms with van der Waals surface area (Å²) in [7, 11) is 1.75. The van der Waals surface area contributed by atoms with Gasteiger partial charge in [-0.1, -0.05) is 6.92 Å². The molecule has 182 valence electrons. The average molecular weight is 456 g/mol. The Morgan fingerprint density at radius 1 is 1.21 bits per heavy atom. The van der Waals surface area contributed by atoms with Crippen LogP contribution in [0.4, 0.5) is 0 Å². The molecule has 4 saturated carbocycles. The number of hydrogen-bond donors (Lipinski definition) is 2. The summed E-state index contributed by atoms with van der Waals surface area (Å²) in [5.74, 6) is 3.62. The van der Waals surface area contributed by atoms with Crippen LogP contribution in [0.1, 0.15) is 77.7 Å². The molecule has 6 heteroatoms. The van der Waals surface area contributed by atoms with Crippen molar-refractivity contribution < 1.29 is 14.9 Å². The molecule has 1 aromatic rings. The van der Waals surface area contributed by atoms with Crippen LogP contribution in [0.15, 0.2) is 12.4 Å². The largest absolute Gasteiger partial charge is 0.388 e. The predicted molar refractivity (Wildman–Crippen MR) is 125 cm³/mol. The third kappa shape index (κ3) is 3.75. The molecule has 33 heavy (non-hydrogen) atoms. The maximum atomic E-state index is 11.7. The molecule has 0 aromatic carbocycles. The molecular weight excluding hydrogens is 414 g/mol. The third-order valence-electron chi connectivity index (χ3n) is 10.7. The van der Waals surface area contributed by atoms with E-state index in [1.807, 2.05) is 13.8 Å². The molecule has 6 nitrogen and oxygen atoms in total. The zero-order valence-electron chi connectivity index (χ0n) is 20.7. The highest BCUT2D eigenvalue weighted by Gasteiger charge is 2.61. The smallest absolute Gasteiger partial charge is 0.102 e. The minimum atomic E-state index is -0.850. The third-order valence-corrected chi connectivity index (χ3v) is 10.7. The molecule has 1 aromatic heterocycles. The lowest BCUT2D eigenvalue weighted by Gasteiger charge is -2.58. The molecule has 0 spiro atoms. The Labute approximate surface area is 198 Å². The van der Waals surface area contributed by atoms with Gasteiger partial charge in [0.05, 0.1) is 35.6 Å². The van der Waals surface area contributed by atoms with Crippen LogP contribution < -0.4 is 0 Å². The average Bonchev–Trinajstić information content (AvgIpc) is 3.35. The SMILES string of the molecule is CO[C@@H]1C[C@H]2[C@H](CC[C@@H]3[C@@H]2CC[C@]2(C)[C@@H](C(C)(O)Cn4cc(C#N)cn4)CC[C@@H]32)C[C@]1(C)O. The molecule has 4 aliphatic rings. The van der Waals surface area contributed by atoms with E-state index >= 15 is 0 Å². The van der Waals surface area contributed by atoms with Crippen LogP contribution in [0.25, 0.3) is 0 Å². The van der Waals surface area contributed by atoms with Crippen LogP contribution in [0.3, 0.4) is 0 Å². The van der Waals surface area contributed by atoms with Crippen molar-refractivity contribution in [2.45, 2.75) is 96.0 Å². The number of aliphatic hydroxyl groups is 2. The summed E-state index contributed by atoms with van der Waals surface area (Å²) < 4.78 is 7.50. The molecule has 0 radical (unpaired) electrons. The highest BCUT2D eigenvalue weighted by molar-refractivity contribution is 5.21. The van der Waals surface area contributed by atoms with Crippen LogP contribution in [-0.4, -0.2) is 44.4 Å². The monoisotopic (exact) mass is 455 g/mol. The lowest BCUT2D eigenvalue weighted by atomic mass is 9.48. The van der Waals surface area contributed by atoms with Gasteiger partial charge in [-0.15, -0.1) is 0 Å². The Hall–Kier alpha value is -1.42. The van der Waals surface area contributed by atoms with Gasteiger partial charge in [-0.25, -0.2) is 0 Å². The van der Waals surface area contributed by atoms with Crippen LogP contribution in [0, 0.1) is 52.3 Å². The molecule has 1 unspecified atom stereocenters. The Bertz CT molecular complexity index is 918. The Kier molecular flexibility index (Phi) is 5.70. The zero-order valence-corrected chi connectivity index (χ0v) is 20.7. The minimum absolute atomic E-state index is 0.0600. The van der Waals surface area contributed by atoms with Crippen molar-refractivity contribution in [3.8, 4) is 6.07 Å². The van der Waals surface area contributed by atoms with E-state index in [2.05, 4.69) is 18.1 Å². The summed E-state index contributed by atoms with van der Waals surface area (Å²) >= 11 is 0. The van der Waals surface area contributed by atoms with E-state index in [0.29, 0.717) is 29.9 Å². The maximum absolute atomic E-state index is 11.7. The Balaban J connectivity index is 1.34. The highest BCUT2D eigenvalue weighted by atomic mass is 16.5. The summed E-state index contributed by atoms with van der Waals surface area (Å²) in [4.78, 5) is 0. The summed E-state index contributed by atoms with van der Waals surface area (Å²) in [5, 5.41) is 36.1. The highest BCUT2D eigenvalue weighted by Crippen LogP contribution is 2.66. The molecular formula is C27H41N3O3. The summed E-state index contributed by atoms with van der Waals surface area (Å²) in [5.41, 5.74) is -0.874. The molecule has 0 bridgehead atoms. The number of nitrogens with zero attached hydrogens (tertiary/aromatic N) is 3. The van der Waals surface area contributed by atoms with E-state index in [-0.39, 0.29) is 17.4 Å². The first kappa shape index (κ1) is 23.3. The van der Waals surface area contributed by atoms with E-state index in [4.69, 9.17) is 10.00 Å². The molecule has 0 aliphatic heterocycles. The van der Waals surface area contributed by atoms with E-state index in [1.165, 1.54) is 32.1 Å². The van der Waals surface area contributed by atoms with Crippen molar-refractivity contribution in [1.82, 2.24) is 9.78 Å². The number of methoxy groups -OCH3 is 1. The van der Waals surface area contributed by atoms with Crippen molar-refractivity contribution >= 4 is 0 Å². The minimum Gasteiger partial charge on any atom is -0.388 e. The first-order chi connectivity index (χ1) is 15.6. The van der Waals surface area contributed by atoms with Crippen LogP contribution >= 0.6 is 0 Å². The zero-order chi connectivity index (χ0) is 23.6. The summed E-state index contributed by atoms with van der Waals surface area (Å²) in [6.07, 6.45) is 12.2. The van der Waals surface area contributed by atoms with Gasteiger partial charge in [-0.05, 0) is 106 Å². The first-order valence-electron chi connectivity index (χ1n) is 13.0. The van der Waals surface area contributed by atoms with E-state index in [9.17, 15) is 10.2 Å². The Morgan fingerprint density at radius 2 is 2.00 bits per heavy atom. The second-order valence-electron chi connectivity index (χ2n) is 12.5. The fourth-order valence-corrected chi connectivity index (χ4v) is 9.34. The van der Waals surface area contributed by atoms with Gasteiger partial charge in [0.15, 0.2) is 0 Å². The molecule has 10 atom stereocenters. The predicted octanol–water partition coefficient (Wildman–Crippen LogP) is 4.15. The molecule has 2 N–H and O–H groups in total. The van der Waals surface area contributed by atoms with Crippen LogP contribution in [0.5, 0.6) is 0 Å². The van der Waals surface area contributed by atoms with Crippen molar-refractivity contribution in [3.63, 3.8) is 0 Å². The number of ether oxygens (including phenoxy) is 1. The van der Waals surface area contributed by atoms with Gasteiger partial charge in [0.1, 0.15) is 6.07 Å². The van der Waals surface area contributed by atoms with Crippen molar-refractivity contribution in [2.75, 3.05) is 7.11 Å². The molecule has 1 heterocycles. The second-order valence-corrected chi connectivity index (χ2v) is 12.5. The quantitative estimate of drug-likeness (QED) is 0.712. The summed E-state index contributed by atoms with van der Waals surface area (Å²) in [6.45, 7) is 6.82. The van der Waals surface area contributed by atoms with Gasteiger partial charge < -0.3 is 14.9 Å². The lowest BCUT2D eigenvalue weighted by Crippen LogP contribution is -2.56. The van der Waals surface area contributed by atoms with Gasteiger partial charge in [0.2, 0.25) is 0 Å². The maximum Gasteiger partial charge on any atom is 0.102 e. The van der Waals surface area contributed by atoms with E-state index < -0.39 is 11.2 Å². The van der Waals surface area contributed by atoms with Gasteiger partial charge in [0, 0.05) is 13.3 Å². The van der Waals surface area contributed by atoms with E-state index in [0.717, 1.165) is 31.1 Å². The van der Waals surface area contributed by atoms with Crippen molar-refractivity contribution in [3.05, 3.63) is 18.0 Å². The van der Waals surface area contributed by atoms with Gasteiger partial charge in [-0.2, -0.15) is 10.4 Å². The Morgan fingerprint density at radius 3 is 2.70 bits per heavy atom. The number of fused-ring (bicyclic) bond motifs is 5. The van der Waals surface area contributed by atoms with Crippen molar-refractivity contribution in [2.24, 2.45) is 40.9 Å². The molecule has 4 fully saturated rings. The number of aromatic nitrogens is 2. The fraction of sp³-hybridized carbons (Fsp3) is 0.852.